The first-order valence-electron chi connectivity index (χ1n) is 5.97. The number of anilines is 1. The quantitative estimate of drug-likeness (QED) is 0.900. The Labute approximate surface area is 107 Å². The lowest BCUT2D eigenvalue weighted by Crippen LogP contribution is -2.14. The van der Waals surface area contributed by atoms with E-state index in [0.29, 0.717) is 11.7 Å². The Morgan fingerprint density at radius 2 is 1.83 bits per heavy atom. The van der Waals surface area contributed by atoms with Gasteiger partial charge in [-0.1, -0.05) is 0 Å². The molecule has 0 radical (unpaired) electrons. The fraction of sp³-hybridized carbons (Fsp3) is 0.385. The fourth-order valence-electron chi connectivity index (χ4n) is 1.67. The van der Waals surface area contributed by atoms with Crippen LogP contribution in [0.5, 0.6) is 5.88 Å². The smallest absolute Gasteiger partial charge is 0.218 e. The second kappa shape index (κ2) is 5.08. The van der Waals surface area contributed by atoms with Gasteiger partial charge < -0.3 is 4.74 Å². The minimum atomic E-state index is 0.0998. The molecule has 18 heavy (non-hydrogen) atoms. The van der Waals surface area contributed by atoms with Gasteiger partial charge >= 0.3 is 0 Å². The van der Waals surface area contributed by atoms with Crippen molar-refractivity contribution in [1.82, 2.24) is 14.6 Å². The average Bonchev–Trinajstić information content (AvgIpc) is 2.60. The Morgan fingerprint density at radius 1 is 1.17 bits per heavy atom. The van der Waals surface area contributed by atoms with Gasteiger partial charge in [0.2, 0.25) is 5.88 Å². The van der Waals surface area contributed by atoms with Crippen LogP contribution in [0.15, 0.2) is 24.5 Å². The number of aromatic nitrogens is 3. The number of hydrogen-bond donors (Lipinski definition) is 1. The lowest BCUT2D eigenvalue weighted by molar-refractivity contribution is 0.232. The summed E-state index contributed by atoms with van der Waals surface area (Å²) < 4.78 is 7.51. The summed E-state index contributed by atoms with van der Waals surface area (Å²) in [5, 5.41) is 0. The molecule has 0 aromatic carbocycles. The second-order valence-corrected chi connectivity index (χ2v) is 4.47. The number of rotatable bonds is 4. The van der Waals surface area contributed by atoms with Crippen LogP contribution in [0.1, 0.15) is 25.2 Å². The van der Waals surface area contributed by atoms with Crippen molar-refractivity contribution in [1.29, 1.82) is 0 Å². The predicted octanol–water partition coefficient (Wildman–Crippen LogP) is 2.56. The first-order valence-corrected chi connectivity index (χ1v) is 5.97. The van der Waals surface area contributed by atoms with E-state index in [4.69, 9.17) is 4.74 Å². The molecule has 1 N–H and O–H groups in total. The van der Waals surface area contributed by atoms with Crippen LogP contribution in [-0.4, -0.2) is 20.7 Å². The molecular formula is C13H18N4O. The van der Waals surface area contributed by atoms with Crippen LogP contribution in [0.4, 0.5) is 5.82 Å². The van der Waals surface area contributed by atoms with E-state index in [0.717, 1.165) is 11.4 Å². The highest BCUT2D eigenvalue weighted by molar-refractivity contribution is 5.38. The van der Waals surface area contributed by atoms with E-state index in [2.05, 4.69) is 27.5 Å². The highest BCUT2D eigenvalue weighted by Crippen LogP contribution is 2.14. The van der Waals surface area contributed by atoms with Gasteiger partial charge in [-0.25, -0.2) is 9.97 Å². The Kier molecular flexibility index (Phi) is 3.50. The maximum Gasteiger partial charge on any atom is 0.218 e. The zero-order valence-electron chi connectivity index (χ0n) is 11.1. The van der Waals surface area contributed by atoms with Gasteiger partial charge in [0.05, 0.1) is 6.10 Å². The number of aryl methyl sites for hydroxylation is 2. The molecule has 2 rings (SSSR count). The normalized spacial score (nSPS) is 10.7. The van der Waals surface area contributed by atoms with E-state index in [1.54, 1.807) is 6.07 Å². The van der Waals surface area contributed by atoms with Gasteiger partial charge in [-0.05, 0) is 39.8 Å². The highest BCUT2D eigenvalue weighted by atomic mass is 16.5. The van der Waals surface area contributed by atoms with E-state index in [-0.39, 0.29) is 6.10 Å². The van der Waals surface area contributed by atoms with Gasteiger partial charge in [0, 0.05) is 17.5 Å². The second-order valence-electron chi connectivity index (χ2n) is 4.47. The molecule has 0 saturated heterocycles. The molecule has 0 fully saturated rings. The predicted molar refractivity (Wildman–Crippen MR) is 70.7 cm³/mol. The van der Waals surface area contributed by atoms with Crippen molar-refractivity contribution in [3.63, 3.8) is 0 Å². The summed E-state index contributed by atoms with van der Waals surface area (Å²) >= 11 is 0. The van der Waals surface area contributed by atoms with E-state index in [9.17, 15) is 0 Å². The third kappa shape index (κ3) is 2.80. The molecule has 5 heteroatoms. The Morgan fingerprint density at radius 3 is 2.44 bits per heavy atom. The van der Waals surface area contributed by atoms with Crippen molar-refractivity contribution in [3.05, 3.63) is 35.9 Å². The van der Waals surface area contributed by atoms with Crippen molar-refractivity contribution in [2.24, 2.45) is 0 Å². The summed E-state index contributed by atoms with van der Waals surface area (Å²) in [6, 6.07) is 5.89. The van der Waals surface area contributed by atoms with Gasteiger partial charge in [-0.2, -0.15) is 0 Å². The Hall–Kier alpha value is -2.04. The molecule has 2 heterocycles. The van der Waals surface area contributed by atoms with Crippen LogP contribution in [0.2, 0.25) is 0 Å². The number of nitrogens with one attached hydrogen (secondary N) is 1. The zero-order valence-corrected chi connectivity index (χ0v) is 11.1. The van der Waals surface area contributed by atoms with Crippen LogP contribution >= 0.6 is 0 Å². The van der Waals surface area contributed by atoms with E-state index in [1.807, 2.05) is 32.4 Å². The standard InChI is InChI=1S/C13H18N4O/c1-9(2)18-13-7-12(14-8-15-13)16-17-10(3)5-6-11(17)4/h5-9H,1-4H3,(H,14,15,16). The minimum absolute atomic E-state index is 0.0998. The highest BCUT2D eigenvalue weighted by Gasteiger charge is 2.05. The molecule has 96 valence electrons. The van der Waals surface area contributed by atoms with Gasteiger partial charge in [-0.3, -0.25) is 10.1 Å². The van der Waals surface area contributed by atoms with Crippen molar-refractivity contribution in [2.45, 2.75) is 33.8 Å². The molecule has 0 bridgehead atoms. The van der Waals surface area contributed by atoms with Gasteiger partial charge in [-0.15, -0.1) is 0 Å². The zero-order chi connectivity index (χ0) is 13.1. The van der Waals surface area contributed by atoms with Crippen molar-refractivity contribution < 1.29 is 4.74 Å². The molecule has 0 aliphatic heterocycles. The first-order chi connectivity index (χ1) is 8.56. The lowest BCUT2D eigenvalue weighted by Gasteiger charge is -2.13. The topological polar surface area (TPSA) is 52.0 Å². The third-order valence-electron chi connectivity index (χ3n) is 2.50. The van der Waals surface area contributed by atoms with Crippen molar-refractivity contribution in [2.75, 3.05) is 5.43 Å². The van der Waals surface area contributed by atoms with Crippen LogP contribution in [-0.2, 0) is 0 Å². The molecule has 0 atom stereocenters. The summed E-state index contributed by atoms with van der Waals surface area (Å²) in [5.41, 5.74) is 5.46. The van der Waals surface area contributed by atoms with Crippen LogP contribution in [0, 0.1) is 13.8 Å². The van der Waals surface area contributed by atoms with E-state index < -0.39 is 0 Å². The molecule has 0 unspecified atom stereocenters. The van der Waals surface area contributed by atoms with E-state index >= 15 is 0 Å². The molecule has 0 amide bonds. The van der Waals surface area contributed by atoms with Gasteiger partial charge in [0.25, 0.3) is 0 Å². The Balaban J connectivity index is 2.19. The van der Waals surface area contributed by atoms with Crippen LogP contribution < -0.4 is 10.2 Å². The summed E-state index contributed by atoms with van der Waals surface area (Å²) in [6.07, 6.45) is 1.59. The molecule has 5 nitrogen and oxygen atoms in total. The molecular weight excluding hydrogens is 228 g/mol. The lowest BCUT2D eigenvalue weighted by atomic mass is 10.5. The maximum atomic E-state index is 5.53. The number of hydrogen-bond acceptors (Lipinski definition) is 4. The van der Waals surface area contributed by atoms with E-state index in [1.165, 1.54) is 6.33 Å². The molecule has 0 spiro atoms. The Bertz CT molecular complexity index is 514. The number of nitrogens with zero attached hydrogens (tertiary/aromatic N) is 3. The van der Waals surface area contributed by atoms with Crippen molar-refractivity contribution >= 4 is 5.82 Å². The summed E-state index contributed by atoms with van der Waals surface area (Å²) in [6.45, 7) is 8.00. The summed E-state index contributed by atoms with van der Waals surface area (Å²) in [4.78, 5) is 8.25. The monoisotopic (exact) mass is 246 g/mol. The van der Waals surface area contributed by atoms with Gasteiger partial charge in [0.1, 0.15) is 6.33 Å². The summed E-state index contributed by atoms with van der Waals surface area (Å²) in [5.74, 6) is 1.29. The van der Waals surface area contributed by atoms with Crippen molar-refractivity contribution in [3.8, 4) is 5.88 Å². The SMILES string of the molecule is Cc1ccc(C)n1Nc1cc(OC(C)C)ncn1. The van der Waals surface area contributed by atoms with Crippen LogP contribution in [0.25, 0.3) is 0 Å². The summed E-state index contributed by atoms with van der Waals surface area (Å²) in [7, 11) is 0. The minimum Gasteiger partial charge on any atom is -0.475 e. The average molecular weight is 246 g/mol. The third-order valence-corrected chi connectivity index (χ3v) is 2.50. The fourth-order valence-corrected chi connectivity index (χ4v) is 1.67. The molecule has 0 saturated carbocycles. The largest absolute Gasteiger partial charge is 0.475 e. The molecule has 0 aliphatic carbocycles. The van der Waals surface area contributed by atoms with Gasteiger partial charge in [0.15, 0.2) is 5.82 Å². The maximum absolute atomic E-state index is 5.53. The van der Waals surface area contributed by atoms with Crippen LogP contribution in [0.3, 0.4) is 0 Å². The molecule has 2 aromatic rings. The first kappa shape index (κ1) is 12.4. The molecule has 2 aromatic heterocycles. The number of ether oxygens (including phenoxy) is 1. The molecule has 0 aliphatic rings.